The van der Waals surface area contributed by atoms with Crippen molar-refractivity contribution in [2.75, 3.05) is 6.54 Å². The Hall–Kier alpha value is -3.61. The molecule has 2 heterocycles. The van der Waals surface area contributed by atoms with E-state index in [0.717, 1.165) is 38.6 Å². The third-order valence-corrected chi connectivity index (χ3v) is 4.60. The van der Waals surface area contributed by atoms with Gasteiger partial charge in [0.2, 0.25) is 5.91 Å². The van der Waals surface area contributed by atoms with Gasteiger partial charge in [0.05, 0.1) is 5.52 Å². The molecule has 136 valence electrons. The number of rotatable bonds is 5. The van der Waals surface area contributed by atoms with Crippen LogP contribution in [0.1, 0.15) is 5.69 Å². The maximum absolute atomic E-state index is 12.0. The van der Waals surface area contributed by atoms with Crippen molar-refractivity contribution in [2.45, 2.75) is 13.5 Å². The SMILES string of the molecule is Cc1[nH]nc2ccc(-c3ccc4ccn(CC(=O)NCC(=O)O)c4c3)cc12. The van der Waals surface area contributed by atoms with Crippen molar-refractivity contribution in [3.8, 4) is 11.1 Å². The summed E-state index contributed by atoms with van der Waals surface area (Å²) in [5.41, 5.74) is 4.97. The van der Waals surface area contributed by atoms with Crippen LogP contribution in [0, 0.1) is 6.92 Å². The Kier molecular flexibility index (Phi) is 4.12. The molecule has 0 bridgehead atoms. The number of fused-ring (bicyclic) bond motifs is 2. The van der Waals surface area contributed by atoms with Crippen molar-refractivity contribution in [2.24, 2.45) is 0 Å². The molecule has 0 saturated carbocycles. The van der Waals surface area contributed by atoms with Gasteiger partial charge in [-0.1, -0.05) is 18.2 Å². The highest BCUT2D eigenvalue weighted by molar-refractivity contribution is 5.91. The molecule has 0 aliphatic heterocycles. The summed E-state index contributed by atoms with van der Waals surface area (Å²) in [6.07, 6.45) is 1.83. The number of nitrogens with zero attached hydrogens (tertiary/aromatic N) is 2. The van der Waals surface area contributed by atoms with Gasteiger partial charge in [-0.25, -0.2) is 0 Å². The first-order valence-electron chi connectivity index (χ1n) is 8.54. The molecule has 0 spiro atoms. The van der Waals surface area contributed by atoms with Crippen molar-refractivity contribution in [3.63, 3.8) is 0 Å². The first-order valence-corrected chi connectivity index (χ1v) is 8.54. The van der Waals surface area contributed by atoms with E-state index in [-0.39, 0.29) is 19.0 Å². The molecule has 4 rings (SSSR count). The van der Waals surface area contributed by atoms with Gasteiger partial charge in [0.1, 0.15) is 13.1 Å². The number of nitrogens with one attached hydrogen (secondary N) is 2. The molecule has 0 unspecified atom stereocenters. The largest absolute Gasteiger partial charge is 0.480 e. The molecule has 7 nitrogen and oxygen atoms in total. The standard InChI is InChI=1S/C20H18N4O3/c1-12-16-8-14(4-5-17(16)23-22-12)15-3-2-13-6-7-24(18(13)9-15)11-19(25)21-10-20(26)27/h2-9H,10-11H2,1H3,(H,21,25)(H,22,23)(H,26,27). The number of hydrogen-bond acceptors (Lipinski definition) is 3. The number of aryl methyl sites for hydroxylation is 1. The van der Waals surface area contributed by atoms with Gasteiger partial charge in [0, 0.05) is 22.8 Å². The van der Waals surface area contributed by atoms with Crippen LogP contribution in [0.25, 0.3) is 32.9 Å². The Morgan fingerprint density at radius 2 is 1.93 bits per heavy atom. The number of amides is 1. The van der Waals surface area contributed by atoms with Gasteiger partial charge in [0.15, 0.2) is 0 Å². The van der Waals surface area contributed by atoms with Crippen LogP contribution in [0.15, 0.2) is 48.7 Å². The molecule has 2 aromatic heterocycles. The molecule has 7 heteroatoms. The lowest BCUT2D eigenvalue weighted by molar-refractivity contribution is -0.138. The molecule has 4 aromatic rings. The van der Waals surface area contributed by atoms with Crippen molar-refractivity contribution in [1.82, 2.24) is 20.1 Å². The van der Waals surface area contributed by atoms with E-state index in [2.05, 4.69) is 21.6 Å². The zero-order chi connectivity index (χ0) is 19.0. The molecule has 0 saturated heterocycles. The van der Waals surface area contributed by atoms with Crippen molar-refractivity contribution in [3.05, 3.63) is 54.4 Å². The van der Waals surface area contributed by atoms with E-state index in [1.807, 2.05) is 54.1 Å². The molecule has 0 aliphatic carbocycles. The van der Waals surface area contributed by atoms with Crippen LogP contribution < -0.4 is 5.32 Å². The van der Waals surface area contributed by atoms with Gasteiger partial charge in [-0.2, -0.15) is 5.10 Å². The third kappa shape index (κ3) is 3.27. The fraction of sp³-hybridized carbons (Fsp3) is 0.150. The molecule has 0 atom stereocenters. The number of carbonyl (C=O) groups is 2. The summed E-state index contributed by atoms with van der Waals surface area (Å²) in [6.45, 7) is 1.68. The minimum absolute atomic E-state index is 0.0696. The summed E-state index contributed by atoms with van der Waals surface area (Å²) in [4.78, 5) is 22.6. The average Bonchev–Trinajstić information content (AvgIpc) is 3.23. The fourth-order valence-corrected chi connectivity index (χ4v) is 3.20. The number of H-pyrrole nitrogens is 1. The summed E-state index contributed by atoms with van der Waals surface area (Å²) in [5.74, 6) is -1.40. The lowest BCUT2D eigenvalue weighted by atomic mass is 10.0. The fourth-order valence-electron chi connectivity index (χ4n) is 3.20. The third-order valence-electron chi connectivity index (χ3n) is 4.60. The molecular weight excluding hydrogens is 344 g/mol. The Balaban J connectivity index is 1.67. The number of aromatic amines is 1. The molecule has 2 aromatic carbocycles. The quantitative estimate of drug-likeness (QED) is 0.508. The normalized spacial score (nSPS) is 11.1. The number of aliphatic carboxylic acids is 1. The first-order chi connectivity index (χ1) is 13.0. The van der Waals surface area contributed by atoms with E-state index >= 15 is 0 Å². The lowest BCUT2D eigenvalue weighted by Gasteiger charge is -2.08. The van der Waals surface area contributed by atoms with Crippen molar-refractivity contribution in [1.29, 1.82) is 0 Å². The summed E-state index contributed by atoms with van der Waals surface area (Å²) in [5, 5.41) is 20.4. The highest BCUT2D eigenvalue weighted by atomic mass is 16.4. The topological polar surface area (TPSA) is 100 Å². The van der Waals surface area contributed by atoms with Gasteiger partial charge in [-0.15, -0.1) is 0 Å². The summed E-state index contributed by atoms with van der Waals surface area (Å²) >= 11 is 0. The molecule has 27 heavy (non-hydrogen) atoms. The molecule has 0 aliphatic rings. The Morgan fingerprint density at radius 1 is 1.15 bits per heavy atom. The van der Waals surface area contributed by atoms with E-state index in [4.69, 9.17) is 5.11 Å². The van der Waals surface area contributed by atoms with Crippen molar-refractivity contribution < 1.29 is 14.7 Å². The van der Waals surface area contributed by atoms with Crippen LogP contribution >= 0.6 is 0 Å². The number of carbonyl (C=O) groups excluding carboxylic acids is 1. The number of benzene rings is 2. The van der Waals surface area contributed by atoms with Crippen LogP contribution in [0.2, 0.25) is 0 Å². The van der Waals surface area contributed by atoms with E-state index in [0.29, 0.717) is 0 Å². The predicted octanol–water partition coefficient (Wildman–Crippen LogP) is 2.69. The number of carboxylic acid groups (broad SMARTS) is 1. The highest BCUT2D eigenvalue weighted by Gasteiger charge is 2.10. The van der Waals surface area contributed by atoms with E-state index in [1.54, 1.807) is 0 Å². The average molecular weight is 362 g/mol. The van der Waals surface area contributed by atoms with E-state index < -0.39 is 5.97 Å². The van der Waals surface area contributed by atoms with Gasteiger partial charge in [0.25, 0.3) is 0 Å². The second kappa shape index (κ2) is 6.60. The van der Waals surface area contributed by atoms with Gasteiger partial charge in [-0.05, 0) is 47.7 Å². The Morgan fingerprint density at radius 3 is 2.74 bits per heavy atom. The van der Waals surface area contributed by atoms with Crippen LogP contribution in [0.4, 0.5) is 0 Å². The number of carboxylic acids is 1. The molecular formula is C20H18N4O3. The number of hydrogen-bond donors (Lipinski definition) is 3. The van der Waals surface area contributed by atoms with Gasteiger partial charge < -0.3 is 15.0 Å². The first kappa shape index (κ1) is 16.8. The summed E-state index contributed by atoms with van der Waals surface area (Å²) < 4.78 is 1.82. The van der Waals surface area contributed by atoms with E-state index in [1.165, 1.54) is 0 Å². The Labute approximate surface area is 154 Å². The minimum atomic E-state index is -1.06. The number of aromatic nitrogens is 3. The van der Waals surface area contributed by atoms with E-state index in [9.17, 15) is 9.59 Å². The zero-order valence-corrected chi connectivity index (χ0v) is 14.7. The smallest absolute Gasteiger partial charge is 0.322 e. The monoisotopic (exact) mass is 362 g/mol. The zero-order valence-electron chi connectivity index (χ0n) is 14.7. The lowest BCUT2D eigenvalue weighted by Crippen LogP contribution is -2.31. The highest BCUT2D eigenvalue weighted by Crippen LogP contribution is 2.28. The second-order valence-corrected chi connectivity index (χ2v) is 6.47. The summed E-state index contributed by atoms with van der Waals surface area (Å²) in [6, 6.07) is 14.1. The maximum Gasteiger partial charge on any atom is 0.322 e. The molecule has 1 amide bonds. The maximum atomic E-state index is 12.0. The molecule has 0 radical (unpaired) electrons. The van der Waals surface area contributed by atoms with Gasteiger partial charge in [-0.3, -0.25) is 14.7 Å². The van der Waals surface area contributed by atoms with Crippen LogP contribution in [0.3, 0.4) is 0 Å². The summed E-state index contributed by atoms with van der Waals surface area (Å²) in [7, 11) is 0. The van der Waals surface area contributed by atoms with Crippen LogP contribution in [0.5, 0.6) is 0 Å². The predicted molar refractivity (Wildman–Crippen MR) is 102 cm³/mol. The molecule has 0 fully saturated rings. The second-order valence-electron chi connectivity index (χ2n) is 6.47. The Bertz CT molecular complexity index is 1170. The van der Waals surface area contributed by atoms with Crippen molar-refractivity contribution >= 4 is 33.7 Å². The molecule has 3 N–H and O–H groups in total. The van der Waals surface area contributed by atoms with Crippen LogP contribution in [-0.2, 0) is 16.1 Å². The van der Waals surface area contributed by atoms with Gasteiger partial charge >= 0.3 is 5.97 Å². The minimum Gasteiger partial charge on any atom is -0.480 e. The van der Waals surface area contributed by atoms with Crippen LogP contribution in [-0.4, -0.2) is 38.3 Å².